The molecule has 7 heteroatoms. The van der Waals surface area contributed by atoms with Crippen molar-refractivity contribution in [2.45, 2.75) is 51.5 Å². The zero-order valence-corrected chi connectivity index (χ0v) is 18.2. The van der Waals surface area contributed by atoms with Crippen LogP contribution in [0.2, 0.25) is 0 Å². The Hall–Kier alpha value is -1.99. The summed E-state index contributed by atoms with van der Waals surface area (Å²) in [6.45, 7) is 4.49. The third-order valence-corrected chi connectivity index (χ3v) is 7.34. The third-order valence-electron chi connectivity index (χ3n) is 6.05. The molecule has 4 rings (SSSR count). The van der Waals surface area contributed by atoms with Crippen LogP contribution in [0.3, 0.4) is 0 Å². The van der Waals surface area contributed by atoms with E-state index in [1.165, 1.54) is 17.4 Å². The van der Waals surface area contributed by atoms with E-state index in [9.17, 15) is 8.42 Å². The Kier molecular flexibility index (Phi) is 5.88. The molecular formula is C22H30N4O2S. The number of aryl methyl sites for hydroxylation is 1. The minimum Gasteiger partial charge on any atom is -0.356 e. The molecule has 2 aliphatic heterocycles. The first-order valence-corrected chi connectivity index (χ1v) is 12.4. The number of hydrogen-bond donors (Lipinski definition) is 0. The molecule has 0 N–H and O–H groups in total. The van der Waals surface area contributed by atoms with E-state index in [-0.39, 0.29) is 6.04 Å². The number of benzene rings is 1. The minimum atomic E-state index is -3.28. The molecule has 2 aliphatic rings. The maximum atomic E-state index is 12.3. The normalized spacial score (nSPS) is 20.5. The van der Waals surface area contributed by atoms with Gasteiger partial charge in [-0.2, -0.15) is 4.31 Å². The van der Waals surface area contributed by atoms with Crippen LogP contribution in [0.5, 0.6) is 0 Å². The van der Waals surface area contributed by atoms with Crippen LogP contribution in [0.15, 0.2) is 30.3 Å². The van der Waals surface area contributed by atoms with Gasteiger partial charge in [0.1, 0.15) is 11.6 Å². The molecule has 0 unspecified atom stereocenters. The Labute approximate surface area is 174 Å². The summed E-state index contributed by atoms with van der Waals surface area (Å²) in [4.78, 5) is 12.1. The van der Waals surface area contributed by atoms with E-state index in [1.807, 2.05) is 13.0 Å². The van der Waals surface area contributed by atoms with E-state index in [2.05, 4.69) is 29.2 Å². The lowest BCUT2D eigenvalue weighted by atomic mass is 10.0. The van der Waals surface area contributed by atoms with E-state index in [0.717, 1.165) is 63.1 Å². The first kappa shape index (κ1) is 20.3. The van der Waals surface area contributed by atoms with Crippen LogP contribution in [-0.4, -0.2) is 48.6 Å². The fraction of sp³-hybridized carbons (Fsp3) is 0.545. The molecule has 0 amide bonds. The second-order valence-corrected chi connectivity index (χ2v) is 10.1. The average Bonchev–Trinajstić information content (AvgIpc) is 2.72. The van der Waals surface area contributed by atoms with Gasteiger partial charge in [-0.15, -0.1) is 0 Å². The largest absolute Gasteiger partial charge is 0.356 e. The molecule has 1 saturated heterocycles. The SMILES string of the molecule is Cc1nc([C@@H]2CCCCN2S(C)(=O)=O)nc2c1CCCN2CCc1ccccc1. The van der Waals surface area contributed by atoms with Gasteiger partial charge in [0, 0.05) is 30.9 Å². The standard InChI is InChI=1S/C22H30N4O2S/c1-17-19-11-8-14-25(16-13-18-9-4-3-5-10-18)22(19)24-21(23-17)20-12-6-7-15-26(20)29(2,27)28/h3-5,9-10,20H,6-8,11-16H2,1-2H3/t20-/m0/s1. The molecular weight excluding hydrogens is 384 g/mol. The summed E-state index contributed by atoms with van der Waals surface area (Å²) in [5, 5.41) is 0. The summed E-state index contributed by atoms with van der Waals surface area (Å²) in [7, 11) is -3.28. The Morgan fingerprint density at radius 3 is 2.62 bits per heavy atom. The highest BCUT2D eigenvalue weighted by Crippen LogP contribution is 2.34. The molecule has 0 saturated carbocycles. The van der Waals surface area contributed by atoms with Crippen molar-refractivity contribution in [1.29, 1.82) is 0 Å². The van der Waals surface area contributed by atoms with Crippen molar-refractivity contribution in [3.63, 3.8) is 0 Å². The summed E-state index contributed by atoms with van der Waals surface area (Å²) in [6, 6.07) is 10.3. The van der Waals surface area contributed by atoms with Crippen LogP contribution in [-0.2, 0) is 22.9 Å². The van der Waals surface area contributed by atoms with Crippen molar-refractivity contribution in [2.24, 2.45) is 0 Å². The van der Waals surface area contributed by atoms with Crippen molar-refractivity contribution in [3.05, 3.63) is 53.0 Å². The number of sulfonamides is 1. The molecule has 1 aromatic heterocycles. The van der Waals surface area contributed by atoms with Crippen LogP contribution in [0.1, 0.15) is 54.4 Å². The lowest BCUT2D eigenvalue weighted by Gasteiger charge is -2.35. The molecule has 1 atom stereocenters. The third kappa shape index (κ3) is 4.46. The minimum absolute atomic E-state index is 0.249. The van der Waals surface area contributed by atoms with Gasteiger partial charge in [0.15, 0.2) is 0 Å². The average molecular weight is 415 g/mol. The second kappa shape index (κ2) is 8.40. The molecule has 0 aliphatic carbocycles. The Morgan fingerprint density at radius 2 is 1.86 bits per heavy atom. The summed E-state index contributed by atoms with van der Waals surface area (Å²) in [5.41, 5.74) is 3.53. The maximum absolute atomic E-state index is 12.3. The Morgan fingerprint density at radius 1 is 1.07 bits per heavy atom. The first-order chi connectivity index (χ1) is 13.9. The highest BCUT2D eigenvalue weighted by molar-refractivity contribution is 7.88. The molecule has 6 nitrogen and oxygen atoms in total. The Bertz CT molecular complexity index is 962. The van der Waals surface area contributed by atoms with E-state index in [4.69, 9.17) is 9.97 Å². The van der Waals surface area contributed by atoms with Gasteiger partial charge < -0.3 is 4.90 Å². The topological polar surface area (TPSA) is 66.4 Å². The number of anilines is 1. The number of aromatic nitrogens is 2. The summed E-state index contributed by atoms with van der Waals surface area (Å²) >= 11 is 0. The molecule has 0 spiro atoms. The van der Waals surface area contributed by atoms with Crippen molar-refractivity contribution in [2.75, 3.05) is 30.8 Å². The highest BCUT2D eigenvalue weighted by atomic mass is 32.2. The summed E-state index contributed by atoms with van der Waals surface area (Å²) in [6.07, 6.45) is 7.05. The van der Waals surface area contributed by atoms with Crippen molar-refractivity contribution in [3.8, 4) is 0 Å². The predicted molar refractivity (Wildman–Crippen MR) is 116 cm³/mol. The van der Waals surface area contributed by atoms with Gasteiger partial charge in [-0.1, -0.05) is 36.8 Å². The number of piperidine rings is 1. The molecule has 2 aromatic rings. The van der Waals surface area contributed by atoms with Crippen molar-refractivity contribution in [1.82, 2.24) is 14.3 Å². The van der Waals surface area contributed by atoms with E-state index < -0.39 is 10.0 Å². The van der Waals surface area contributed by atoms with Crippen molar-refractivity contribution >= 4 is 15.8 Å². The number of nitrogens with zero attached hydrogens (tertiary/aromatic N) is 4. The van der Waals surface area contributed by atoms with Crippen LogP contribution in [0, 0.1) is 6.92 Å². The van der Waals surface area contributed by atoms with E-state index >= 15 is 0 Å². The van der Waals surface area contributed by atoms with Gasteiger partial charge in [0.2, 0.25) is 10.0 Å². The fourth-order valence-corrected chi connectivity index (χ4v) is 5.67. The lowest BCUT2D eigenvalue weighted by molar-refractivity contribution is 0.247. The van der Waals surface area contributed by atoms with Crippen LogP contribution >= 0.6 is 0 Å². The smallest absolute Gasteiger partial charge is 0.211 e. The predicted octanol–water partition coefficient (Wildman–Crippen LogP) is 3.27. The van der Waals surface area contributed by atoms with Gasteiger partial charge in [0.05, 0.1) is 12.3 Å². The number of fused-ring (bicyclic) bond motifs is 1. The summed E-state index contributed by atoms with van der Waals surface area (Å²) < 4.78 is 26.2. The molecule has 0 radical (unpaired) electrons. The van der Waals surface area contributed by atoms with Gasteiger partial charge in [-0.3, -0.25) is 0 Å². The summed E-state index contributed by atoms with van der Waals surface area (Å²) in [5.74, 6) is 1.67. The fourth-order valence-electron chi connectivity index (χ4n) is 4.54. The number of hydrogen-bond acceptors (Lipinski definition) is 5. The van der Waals surface area contributed by atoms with Gasteiger partial charge in [-0.25, -0.2) is 18.4 Å². The molecule has 0 bridgehead atoms. The Balaban J connectivity index is 1.64. The van der Waals surface area contributed by atoms with Crippen LogP contribution < -0.4 is 4.90 Å². The lowest BCUT2D eigenvalue weighted by Crippen LogP contribution is -2.39. The van der Waals surface area contributed by atoms with Gasteiger partial charge >= 0.3 is 0 Å². The van der Waals surface area contributed by atoms with Crippen LogP contribution in [0.4, 0.5) is 5.82 Å². The van der Waals surface area contributed by atoms with Gasteiger partial charge in [0.25, 0.3) is 0 Å². The first-order valence-electron chi connectivity index (χ1n) is 10.6. The van der Waals surface area contributed by atoms with Crippen molar-refractivity contribution < 1.29 is 8.42 Å². The quantitative estimate of drug-likeness (QED) is 0.751. The molecule has 156 valence electrons. The number of rotatable bonds is 5. The maximum Gasteiger partial charge on any atom is 0.211 e. The molecule has 1 aromatic carbocycles. The molecule has 1 fully saturated rings. The highest BCUT2D eigenvalue weighted by Gasteiger charge is 2.34. The van der Waals surface area contributed by atoms with E-state index in [0.29, 0.717) is 12.4 Å². The zero-order chi connectivity index (χ0) is 20.4. The monoisotopic (exact) mass is 414 g/mol. The van der Waals surface area contributed by atoms with Gasteiger partial charge in [-0.05, 0) is 44.6 Å². The van der Waals surface area contributed by atoms with Crippen LogP contribution in [0.25, 0.3) is 0 Å². The molecule has 3 heterocycles. The zero-order valence-electron chi connectivity index (χ0n) is 17.3. The van der Waals surface area contributed by atoms with E-state index in [1.54, 1.807) is 4.31 Å². The second-order valence-electron chi connectivity index (χ2n) is 8.18. The molecule has 29 heavy (non-hydrogen) atoms.